The average molecular weight is 430 g/mol. The van der Waals surface area contributed by atoms with Crippen molar-refractivity contribution in [2.45, 2.75) is 9.92 Å². The van der Waals surface area contributed by atoms with Crippen LogP contribution in [0.2, 0.25) is 5.02 Å². The Morgan fingerprint density at radius 2 is 1.79 bits per heavy atom. The van der Waals surface area contributed by atoms with Crippen molar-refractivity contribution in [2.24, 2.45) is 0 Å². The van der Waals surface area contributed by atoms with Crippen LogP contribution in [0.5, 0.6) is 0 Å². The van der Waals surface area contributed by atoms with Crippen molar-refractivity contribution in [3.63, 3.8) is 0 Å². The molecule has 0 spiro atoms. The van der Waals surface area contributed by atoms with Crippen LogP contribution in [-0.2, 0) is 14.6 Å². The molecule has 0 unspecified atom stereocenters. The Morgan fingerprint density at radius 1 is 1.03 bits per heavy atom. The SMILES string of the molecule is O=S(=O)(c1ccccc1)c1nnn2c1nc(N1CCOCC1)c1cc(Cl)ccc12. The molecular formula is C19H16ClN5O3S. The van der Waals surface area contributed by atoms with E-state index in [9.17, 15) is 8.42 Å². The highest BCUT2D eigenvalue weighted by atomic mass is 35.5. The Balaban J connectivity index is 1.80. The zero-order valence-corrected chi connectivity index (χ0v) is 16.8. The monoisotopic (exact) mass is 429 g/mol. The summed E-state index contributed by atoms with van der Waals surface area (Å²) in [6, 6.07) is 13.5. The van der Waals surface area contributed by atoms with Crippen molar-refractivity contribution in [3.05, 3.63) is 53.6 Å². The van der Waals surface area contributed by atoms with E-state index in [1.54, 1.807) is 36.4 Å². The van der Waals surface area contributed by atoms with Gasteiger partial charge in [0, 0.05) is 23.5 Å². The number of sulfone groups is 1. The fourth-order valence-electron chi connectivity index (χ4n) is 3.45. The fraction of sp³-hybridized carbons (Fsp3) is 0.211. The molecule has 148 valence electrons. The van der Waals surface area contributed by atoms with Crippen LogP contribution >= 0.6 is 11.6 Å². The van der Waals surface area contributed by atoms with Crippen molar-refractivity contribution >= 4 is 43.8 Å². The lowest BCUT2D eigenvalue weighted by atomic mass is 10.2. The van der Waals surface area contributed by atoms with Crippen LogP contribution in [0.4, 0.5) is 5.82 Å². The first-order chi connectivity index (χ1) is 14.1. The molecule has 10 heteroatoms. The van der Waals surface area contributed by atoms with Gasteiger partial charge in [0.2, 0.25) is 14.9 Å². The zero-order valence-electron chi connectivity index (χ0n) is 15.2. The van der Waals surface area contributed by atoms with Crippen molar-refractivity contribution in [1.29, 1.82) is 0 Å². The van der Waals surface area contributed by atoms with E-state index in [4.69, 9.17) is 21.3 Å². The van der Waals surface area contributed by atoms with E-state index in [2.05, 4.69) is 15.2 Å². The molecule has 0 bridgehead atoms. The van der Waals surface area contributed by atoms with Crippen LogP contribution in [0.3, 0.4) is 0 Å². The third-order valence-corrected chi connectivity index (χ3v) is 6.78. The number of anilines is 1. The topological polar surface area (TPSA) is 89.7 Å². The minimum Gasteiger partial charge on any atom is -0.378 e. The van der Waals surface area contributed by atoms with Gasteiger partial charge >= 0.3 is 0 Å². The van der Waals surface area contributed by atoms with Crippen LogP contribution in [0.15, 0.2) is 58.5 Å². The highest BCUT2D eigenvalue weighted by molar-refractivity contribution is 7.91. The molecule has 3 heterocycles. The van der Waals surface area contributed by atoms with E-state index in [0.29, 0.717) is 42.7 Å². The quantitative estimate of drug-likeness (QED) is 0.494. The normalized spacial score (nSPS) is 15.3. The Kier molecular flexibility index (Phi) is 4.38. The molecule has 0 amide bonds. The molecule has 0 radical (unpaired) electrons. The molecule has 8 nitrogen and oxygen atoms in total. The molecule has 5 rings (SSSR count). The minimum atomic E-state index is -3.87. The Hall–Kier alpha value is -2.75. The first-order valence-corrected chi connectivity index (χ1v) is 10.9. The number of fused-ring (bicyclic) bond motifs is 3. The van der Waals surface area contributed by atoms with Gasteiger partial charge in [0.25, 0.3) is 0 Å². The molecule has 4 aromatic rings. The lowest BCUT2D eigenvalue weighted by Crippen LogP contribution is -2.37. The number of rotatable bonds is 3. The Labute approximate surface area is 171 Å². The summed E-state index contributed by atoms with van der Waals surface area (Å²) in [6.07, 6.45) is 0. The molecular weight excluding hydrogens is 414 g/mol. The predicted octanol–water partition coefficient (Wildman–Crippen LogP) is 2.60. The van der Waals surface area contributed by atoms with Gasteiger partial charge in [-0.3, -0.25) is 0 Å². The first-order valence-electron chi connectivity index (χ1n) is 9.03. The smallest absolute Gasteiger partial charge is 0.229 e. The highest BCUT2D eigenvalue weighted by Gasteiger charge is 2.28. The summed E-state index contributed by atoms with van der Waals surface area (Å²) in [5.74, 6) is 0.644. The molecule has 0 N–H and O–H groups in total. The standard InChI is InChI=1S/C19H16ClN5O3S/c20-13-6-7-16-15(12-13)17(24-8-10-28-11-9-24)21-18-19(22-23-25(16)18)29(26,27)14-4-2-1-3-5-14/h1-7,12H,8-11H2. The largest absolute Gasteiger partial charge is 0.378 e. The number of aromatic nitrogens is 4. The number of nitrogens with zero attached hydrogens (tertiary/aromatic N) is 5. The van der Waals surface area contributed by atoms with E-state index in [1.807, 2.05) is 0 Å². The average Bonchev–Trinajstić information content (AvgIpc) is 3.19. The second kappa shape index (κ2) is 6.94. The van der Waals surface area contributed by atoms with Gasteiger partial charge in [-0.15, -0.1) is 5.10 Å². The third kappa shape index (κ3) is 3.02. The first kappa shape index (κ1) is 18.3. The second-order valence-electron chi connectivity index (χ2n) is 6.64. The fourth-order valence-corrected chi connectivity index (χ4v) is 4.88. The maximum absolute atomic E-state index is 13.2. The van der Waals surface area contributed by atoms with Gasteiger partial charge in [-0.1, -0.05) is 35.0 Å². The lowest BCUT2D eigenvalue weighted by Gasteiger charge is -2.28. The van der Waals surface area contributed by atoms with Crippen molar-refractivity contribution in [3.8, 4) is 0 Å². The molecule has 0 aliphatic carbocycles. The molecule has 1 aliphatic heterocycles. The molecule has 2 aromatic carbocycles. The lowest BCUT2D eigenvalue weighted by molar-refractivity contribution is 0.122. The van der Waals surface area contributed by atoms with E-state index in [-0.39, 0.29) is 15.6 Å². The summed E-state index contributed by atoms with van der Waals surface area (Å²) < 4.78 is 33.2. The van der Waals surface area contributed by atoms with Gasteiger partial charge in [0.05, 0.1) is 23.6 Å². The minimum absolute atomic E-state index is 0.147. The number of morpholine rings is 1. The maximum atomic E-state index is 13.2. The van der Waals surface area contributed by atoms with Crippen LogP contribution in [-0.4, -0.2) is 54.5 Å². The molecule has 0 atom stereocenters. The van der Waals surface area contributed by atoms with E-state index < -0.39 is 9.84 Å². The molecule has 2 aromatic heterocycles. The summed E-state index contributed by atoms with van der Waals surface area (Å²) in [7, 11) is -3.87. The van der Waals surface area contributed by atoms with Crippen LogP contribution in [0.1, 0.15) is 0 Å². The van der Waals surface area contributed by atoms with Gasteiger partial charge in [-0.25, -0.2) is 13.4 Å². The van der Waals surface area contributed by atoms with Gasteiger partial charge < -0.3 is 9.64 Å². The van der Waals surface area contributed by atoms with Gasteiger partial charge in [-0.2, -0.15) is 4.52 Å². The molecule has 1 aliphatic rings. The molecule has 1 saturated heterocycles. The summed E-state index contributed by atoms with van der Waals surface area (Å²) in [5.41, 5.74) is 0.869. The number of benzene rings is 2. The molecule has 0 saturated carbocycles. The van der Waals surface area contributed by atoms with Crippen molar-refractivity contribution < 1.29 is 13.2 Å². The van der Waals surface area contributed by atoms with Crippen LogP contribution in [0.25, 0.3) is 16.6 Å². The molecule has 29 heavy (non-hydrogen) atoms. The third-order valence-electron chi connectivity index (χ3n) is 4.88. The summed E-state index contributed by atoms with van der Waals surface area (Å²) in [6.45, 7) is 2.43. The van der Waals surface area contributed by atoms with Crippen molar-refractivity contribution in [1.82, 2.24) is 19.8 Å². The summed E-state index contributed by atoms with van der Waals surface area (Å²) in [5, 5.41) is 9.25. The van der Waals surface area contributed by atoms with E-state index in [0.717, 1.165) is 5.39 Å². The predicted molar refractivity (Wildman–Crippen MR) is 108 cm³/mol. The highest BCUT2D eigenvalue weighted by Crippen LogP contribution is 2.31. The Bertz CT molecular complexity index is 1320. The van der Waals surface area contributed by atoms with Crippen molar-refractivity contribution in [2.75, 3.05) is 31.2 Å². The number of hydrogen-bond acceptors (Lipinski definition) is 7. The summed E-state index contributed by atoms with van der Waals surface area (Å²) >= 11 is 6.23. The summed E-state index contributed by atoms with van der Waals surface area (Å²) in [4.78, 5) is 6.90. The Morgan fingerprint density at radius 3 is 2.55 bits per heavy atom. The van der Waals surface area contributed by atoms with Gasteiger partial charge in [-0.05, 0) is 30.3 Å². The second-order valence-corrected chi connectivity index (χ2v) is 8.94. The van der Waals surface area contributed by atoms with Gasteiger partial charge in [0.15, 0.2) is 5.65 Å². The van der Waals surface area contributed by atoms with E-state index in [1.165, 1.54) is 16.6 Å². The number of ether oxygens (including phenoxy) is 1. The van der Waals surface area contributed by atoms with E-state index >= 15 is 0 Å². The molecule has 1 fully saturated rings. The number of hydrogen-bond donors (Lipinski definition) is 0. The number of halogens is 1. The zero-order chi connectivity index (χ0) is 20.0. The van der Waals surface area contributed by atoms with Crippen LogP contribution in [0, 0.1) is 0 Å². The maximum Gasteiger partial charge on any atom is 0.229 e. The van der Waals surface area contributed by atoms with Crippen LogP contribution < -0.4 is 4.90 Å². The van der Waals surface area contributed by atoms with Gasteiger partial charge in [0.1, 0.15) is 5.82 Å².